The van der Waals surface area contributed by atoms with Crippen LogP contribution in [-0.2, 0) is 4.79 Å². The molecule has 1 saturated heterocycles. The van der Waals surface area contributed by atoms with Crippen LogP contribution in [0.1, 0.15) is 16.7 Å². The summed E-state index contributed by atoms with van der Waals surface area (Å²) < 4.78 is 0. The molecule has 0 radical (unpaired) electrons. The van der Waals surface area contributed by atoms with E-state index in [1.165, 1.54) is 11.1 Å². The van der Waals surface area contributed by atoms with Crippen molar-refractivity contribution in [2.75, 3.05) is 0 Å². The molecule has 0 atom stereocenters. The average Bonchev–Trinajstić information content (AvgIpc) is 2.76. The molecule has 1 aliphatic rings. The van der Waals surface area contributed by atoms with E-state index in [0.29, 0.717) is 4.91 Å². The zero-order valence-electron chi connectivity index (χ0n) is 12.2. The van der Waals surface area contributed by atoms with Crippen molar-refractivity contribution in [3.63, 3.8) is 0 Å². The van der Waals surface area contributed by atoms with Gasteiger partial charge in [-0.15, -0.1) is 0 Å². The number of hydrogen-bond acceptors (Lipinski definition) is 4. The van der Waals surface area contributed by atoms with Crippen LogP contribution in [0.5, 0.6) is 0 Å². The Hall–Kier alpha value is -2.40. The Morgan fingerprint density at radius 2 is 1.82 bits per heavy atom. The minimum Gasteiger partial charge on any atom is -0.282 e. The molecule has 1 N–H and O–H groups in total. The van der Waals surface area contributed by atoms with Crippen LogP contribution < -0.4 is 5.32 Å². The second-order valence-electron chi connectivity index (χ2n) is 5.20. The topological polar surface area (TPSA) is 59.1 Å². The summed E-state index contributed by atoms with van der Waals surface area (Å²) >= 11 is 0.916. The van der Waals surface area contributed by atoms with Crippen molar-refractivity contribution in [1.82, 2.24) is 10.3 Å². The predicted molar refractivity (Wildman–Crippen MR) is 88.3 cm³/mol. The van der Waals surface area contributed by atoms with Crippen LogP contribution in [0.4, 0.5) is 4.79 Å². The molecule has 110 valence electrons. The Kier molecular flexibility index (Phi) is 3.81. The fraction of sp³-hybridized carbons (Fsp3) is 0.118. The van der Waals surface area contributed by atoms with Gasteiger partial charge in [0.05, 0.1) is 10.6 Å². The minimum atomic E-state index is -0.347. The standard InChI is InChI=1S/C17H14N2O2S/c1-10-5-11(2)7-13(6-10)14-8-12(3-4-18-14)9-15-16(20)19-17(21)22-15/h3-9H,1-2H3,(H,19,20,21)/b15-9-. The number of benzene rings is 1. The molecule has 2 aromatic rings. The summed E-state index contributed by atoms with van der Waals surface area (Å²) in [6.45, 7) is 4.10. The summed E-state index contributed by atoms with van der Waals surface area (Å²) in [5.41, 5.74) is 5.08. The van der Waals surface area contributed by atoms with Crippen molar-refractivity contribution in [3.05, 3.63) is 58.1 Å². The first kappa shape index (κ1) is 14.5. The van der Waals surface area contributed by atoms with Crippen LogP contribution in [0.25, 0.3) is 17.3 Å². The number of aryl methyl sites for hydroxylation is 2. The summed E-state index contributed by atoms with van der Waals surface area (Å²) in [6, 6.07) is 9.99. The first-order chi connectivity index (χ1) is 10.5. The van der Waals surface area contributed by atoms with Gasteiger partial charge in [0.2, 0.25) is 0 Å². The highest BCUT2D eigenvalue weighted by atomic mass is 32.2. The SMILES string of the molecule is Cc1cc(C)cc(-c2cc(/C=C3\SC(=O)NC3=O)ccn2)c1. The van der Waals surface area contributed by atoms with Gasteiger partial charge in [-0.1, -0.05) is 17.2 Å². The van der Waals surface area contributed by atoms with Crippen LogP contribution in [0.15, 0.2) is 41.4 Å². The van der Waals surface area contributed by atoms with E-state index in [9.17, 15) is 9.59 Å². The molecule has 0 aliphatic carbocycles. The molecule has 0 unspecified atom stereocenters. The molecule has 1 fully saturated rings. The molecule has 1 aromatic heterocycles. The molecule has 0 bridgehead atoms. The third-order valence-corrected chi connectivity index (χ3v) is 4.05. The first-order valence-corrected chi connectivity index (χ1v) is 7.62. The number of imide groups is 1. The summed E-state index contributed by atoms with van der Waals surface area (Å²) in [4.78, 5) is 27.6. The number of pyridine rings is 1. The van der Waals surface area contributed by atoms with Crippen LogP contribution in [0, 0.1) is 13.8 Å². The Labute approximate surface area is 132 Å². The van der Waals surface area contributed by atoms with E-state index < -0.39 is 0 Å². The quantitative estimate of drug-likeness (QED) is 0.859. The minimum absolute atomic E-state index is 0.333. The smallest absolute Gasteiger partial charge is 0.282 e. The van der Waals surface area contributed by atoms with E-state index in [1.807, 2.05) is 26.0 Å². The number of rotatable bonds is 2. The van der Waals surface area contributed by atoms with Crippen molar-refractivity contribution < 1.29 is 9.59 Å². The summed E-state index contributed by atoms with van der Waals surface area (Å²) in [7, 11) is 0. The highest BCUT2D eigenvalue weighted by molar-refractivity contribution is 8.18. The normalized spacial score (nSPS) is 16.2. The number of nitrogens with zero attached hydrogens (tertiary/aromatic N) is 1. The third-order valence-electron chi connectivity index (χ3n) is 3.24. The number of hydrogen-bond donors (Lipinski definition) is 1. The maximum atomic E-state index is 11.6. The second-order valence-corrected chi connectivity index (χ2v) is 6.22. The lowest BCUT2D eigenvalue weighted by molar-refractivity contribution is -0.115. The van der Waals surface area contributed by atoms with Crippen LogP contribution in [0.2, 0.25) is 0 Å². The maximum absolute atomic E-state index is 11.6. The molecule has 3 rings (SSSR count). The molecule has 5 heteroatoms. The van der Waals surface area contributed by atoms with Gasteiger partial charge < -0.3 is 0 Å². The highest BCUT2D eigenvalue weighted by Gasteiger charge is 2.24. The Balaban J connectivity index is 1.98. The number of nitrogens with one attached hydrogen (secondary N) is 1. The second kappa shape index (κ2) is 5.77. The van der Waals surface area contributed by atoms with Gasteiger partial charge in [0, 0.05) is 11.8 Å². The van der Waals surface area contributed by atoms with Gasteiger partial charge in [-0.25, -0.2) is 0 Å². The van der Waals surface area contributed by atoms with Gasteiger partial charge in [0.25, 0.3) is 11.1 Å². The van der Waals surface area contributed by atoms with E-state index in [4.69, 9.17) is 0 Å². The molecule has 22 heavy (non-hydrogen) atoms. The van der Waals surface area contributed by atoms with E-state index in [2.05, 4.69) is 28.5 Å². The molecular formula is C17H14N2O2S. The van der Waals surface area contributed by atoms with Crippen molar-refractivity contribution in [1.29, 1.82) is 0 Å². The van der Waals surface area contributed by atoms with E-state index in [-0.39, 0.29) is 11.1 Å². The first-order valence-electron chi connectivity index (χ1n) is 6.81. The van der Waals surface area contributed by atoms with Gasteiger partial charge in [0.15, 0.2) is 0 Å². The van der Waals surface area contributed by atoms with Crippen LogP contribution in [-0.4, -0.2) is 16.1 Å². The van der Waals surface area contributed by atoms with Gasteiger partial charge in [-0.2, -0.15) is 0 Å². The van der Waals surface area contributed by atoms with Crippen molar-refractivity contribution in [2.45, 2.75) is 13.8 Å². The number of carbonyl (C=O) groups excluding carboxylic acids is 2. The molecule has 2 heterocycles. The highest BCUT2D eigenvalue weighted by Crippen LogP contribution is 2.27. The Bertz CT molecular complexity index is 792. The van der Waals surface area contributed by atoms with Crippen LogP contribution >= 0.6 is 11.8 Å². The number of thioether (sulfide) groups is 1. The predicted octanol–water partition coefficient (Wildman–Crippen LogP) is 3.69. The zero-order valence-corrected chi connectivity index (χ0v) is 13.0. The van der Waals surface area contributed by atoms with Crippen molar-refractivity contribution >= 4 is 29.0 Å². The average molecular weight is 310 g/mol. The zero-order chi connectivity index (χ0) is 15.7. The summed E-state index contributed by atoms with van der Waals surface area (Å²) in [5, 5.41) is 1.92. The van der Waals surface area contributed by atoms with Crippen LogP contribution in [0.3, 0.4) is 0 Å². The van der Waals surface area contributed by atoms with E-state index in [0.717, 1.165) is 28.6 Å². The number of amides is 2. The summed E-state index contributed by atoms with van der Waals surface area (Å²) in [5.74, 6) is -0.347. The van der Waals surface area contributed by atoms with E-state index in [1.54, 1.807) is 12.3 Å². The monoisotopic (exact) mass is 310 g/mol. The molecule has 1 aromatic carbocycles. The summed E-state index contributed by atoms with van der Waals surface area (Å²) in [6.07, 6.45) is 3.41. The fourth-order valence-electron chi connectivity index (χ4n) is 2.39. The Morgan fingerprint density at radius 1 is 1.09 bits per heavy atom. The molecule has 2 amide bonds. The van der Waals surface area contributed by atoms with E-state index >= 15 is 0 Å². The lowest BCUT2D eigenvalue weighted by atomic mass is 10.0. The molecule has 4 nitrogen and oxygen atoms in total. The fourth-order valence-corrected chi connectivity index (χ4v) is 3.07. The number of carbonyl (C=O) groups is 2. The third kappa shape index (κ3) is 3.09. The largest absolute Gasteiger partial charge is 0.290 e. The lowest BCUT2D eigenvalue weighted by Crippen LogP contribution is -2.17. The van der Waals surface area contributed by atoms with Gasteiger partial charge >= 0.3 is 0 Å². The molecular weight excluding hydrogens is 296 g/mol. The van der Waals surface area contributed by atoms with Gasteiger partial charge in [0.1, 0.15) is 0 Å². The maximum Gasteiger partial charge on any atom is 0.290 e. The molecule has 0 saturated carbocycles. The van der Waals surface area contributed by atoms with Gasteiger partial charge in [-0.3, -0.25) is 19.9 Å². The Morgan fingerprint density at radius 3 is 2.45 bits per heavy atom. The van der Waals surface area contributed by atoms with Crippen molar-refractivity contribution in [2.24, 2.45) is 0 Å². The van der Waals surface area contributed by atoms with Crippen molar-refractivity contribution in [3.8, 4) is 11.3 Å². The molecule has 1 aliphatic heterocycles. The lowest BCUT2D eigenvalue weighted by Gasteiger charge is -2.05. The molecule has 0 spiro atoms. The van der Waals surface area contributed by atoms with Gasteiger partial charge in [-0.05, 0) is 61.5 Å². The number of aromatic nitrogens is 1.